The summed E-state index contributed by atoms with van der Waals surface area (Å²) in [5.41, 5.74) is 2.68. The maximum absolute atomic E-state index is 12.9. The van der Waals surface area contributed by atoms with Crippen LogP contribution in [0.25, 0.3) is 0 Å². The number of carbonyl (C=O) groups excluding carboxylic acids is 2. The van der Waals surface area contributed by atoms with Crippen molar-refractivity contribution in [2.24, 2.45) is 0 Å². The third kappa shape index (κ3) is 9.85. The highest BCUT2D eigenvalue weighted by Gasteiger charge is 2.38. The van der Waals surface area contributed by atoms with Gasteiger partial charge in [-0.3, -0.25) is 14.5 Å². The second-order valence-corrected chi connectivity index (χ2v) is 8.71. The third-order valence-electron chi connectivity index (χ3n) is 5.83. The number of rotatable bonds is 9. The van der Waals surface area contributed by atoms with Gasteiger partial charge in [0.15, 0.2) is 0 Å². The van der Waals surface area contributed by atoms with Gasteiger partial charge in [0, 0.05) is 45.4 Å². The number of carboxylic acids is 2. The zero-order valence-electron chi connectivity index (χ0n) is 22.0. The number of nitrogens with one attached hydrogen (secondary N) is 2. The summed E-state index contributed by atoms with van der Waals surface area (Å²) in [4.78, 5) is 49.5. The summed E-state index contributed by atoms with van der Waals surface area (Å²) < 4.78 is 36.7. The van der Waals surface area contributed by atoms with E-state index in [1.807, 2.05) is 19.1 Å². The van der Waals surface area contributed by atoms with Crippen LogP contribution in [-0.4, -0.2) is 98.0 Å². The van der Waals surface area contributed by atoms with E-state index < -0.39 is 18.1 Å². The molecule has 14 heteroatoms. The Morgan fingerprint density at radius 3 is 2.17 bits per heavy atom. The minimum atomic E-state index is -5.08. The van der Waals surface area contributed by atoms with Crippen LogP contribution >= 0.6 is 0 Å². The number of benzene rings is 2. The molecule has 0 saturated carbocycles. The topological polar surface area (TPSA) is 149 Å². The van der Waals surface area contributed by atoms with Crippen molar-refractivity contribution < 1.29 is 47.3 Å². The average molecular weight is 569 g/mol. The standard InChI is InChI=1S/C24H30N4O5.C2HF3O2/c1-17-5-3-4-6-19(17)23(30)26-20-15-18(24(31)32)7-8-21(20)28-12-10-27(11-13-28)16-22(29)25-9-14-33-2;3-2(4,5)1(6)7/h3-8,15H,9-14,16H2,1-2H3,(H,25,29)(H,26,30)(H,31,32);(H,6,7). The smallest absolute Gasteiger partial charge is 0.478 e. The lowest BCUT2D eigenvalue weighted by Crippen LogP contribution is -2.50. The molecule has 2 aromatic rings. The average Bonchev–Trinajstić information content (AvgIpc) is 2.89. The lowest BCUT2D eigenvalue weighted by Gasteiger charge is -2.36. The molecule has 4 N–H and O–H groups in total. The fraction of sp³-hybridized carbons (Fsp3) is 0.385. The van der Waals surface area contributed by atoms with Gasteiger partial charge in [-0.05, 0) is 36.8 Å². The minimum absolute atomic E-state index is 0.0440. The molecule has 0 unspecified atom stereocenters. The van der Waals surface area contributed by atoms with Gasteiger partial charge in [-0.15, -0.1) is 0 Å². The molecule has 3 rings (SSSR count). The number of hydrogen-bond donors (Lipinski definition) is 4. The number of aryl methyl sites for hydroxylation is 1. The van der Waals surface area contributed by atoms with Crippen LogP contribution in [0.15, 0.2) is 42.5 Å². The number of carbonyl (C=O) groups is 4. The van der Waals surface area contributed by atoms with Crippen molar-refractivity contribution in [2.45, 2.75) is 13.1 Å². The van der Waals surface area contributed by atoms with Gasteiger partial charge in [0.25, 0.3) is 5.91 Å². The summed E-state index contributed by atoms with van der Waals surface area (Å²) >= 11 is 0. The number of hydrogen-bond acceptors (Lipinski definition) is 7. The third-order valence-corrected chi connectivity index (χ3v) is 5.83. The highest BCUT2D eigenvalue weighted by Crippen LogP contribution is 2.29. The van der Waals surface area contributed by atoms with Crippen LogP contribution in [-0.2, 0) is 14.3 Å². The zero-order valence-corrected chi connectivity index (χ0v) is 22.0. The number of amides is 2. The molecule has 40 heavy (non-hydrogen) atoms. The molecular formula is C26H31F3N4O7. The monoisotopic (exact) mass is 568 g/mol. The minimum Gasteiger partial charge on any atom is -0.478 e. The Balaban J connectivity index is 0.000000708. The van der Waals surface area contributed by atoms with Crippen LogP contribution in [0, 0.1) is 6.92 Å². The number of methoxy groups -OCH3 is 1. The van der Waals surface area contributed by atoms with Crippen molar-refractivity contribution in [1.29, 1.82) is 0 Å². The Bertz CT molecular complexity index is 1200. The van der Waals surface area contributed by atoms with Crippen LogP contribution in [0.2, 0.25) is 0 Å². The highest BCUT2D eigenvalue weighted by molar-refractivity contribution is 6.07. The molecule has 218 valence electrons. The van der Waals surface area contributed by atoms with Crippen LogP contribution in [0.3, 0.4) is 0 Å². The number of carboxylic acid groups (broad SMARTS) is 2. The first-order chi connectivity index (χ1) is 18.8. The van der Waals surface area contributed by atoms with Gasteiger partial charge in [-0.1, -0.05) is 18.2 Å². The van der Waals surface area contributed by atoms with E-state index >= 15 is 0 Å². The predicted octanol–water partition coefficient (Wildman–Crippen LogP) is 2.46. The van der Waals surface area contributed by atoms with Gasteiger partial charge in [-0.2, -0.15) is 13.2 Å². The number of aromatic carboxylic acids is 1. The molecule has 2 amide bonds. The molecule has 2 aromatic carbocycles. The summed E-state index contributed by atoms with van der Waals surface area (Å²) in [5, 5.41) is 22.3. The molecule has 0 bridgehead atoms. The molecule has 1 heterocycles. The molecule has 11 nitrogen and oxygen atoms in total. The molecule has 1 aliphatic heterocycles. The lowest BCUT2D eigenvalue weighted by molar-refractivity contribution is -0.192. The van der Waals surface area contributed by atoms with Gasteiger partial charge in [0.1, 0.15) is 0 Å². The first-order valence-electron chi connectivity index (χ1n) is 12.1. The van der Waals surface area contributed by atoms with Crippen LogP contribution in [0.4, 0.5) is 24.5 Å². The first kappa shape index (κ1) is 32.0. The number of ether oxygens (including phenoxy) is 1. The summed E-state index contributed by atoms with van der Waals surface area (Å²) in [6.45, 7) is 5.75. The fourth-order valence-electron chi connectivity index (χ4n) is 3.76. The summed E-state index contributed by atoms with van der Waals surface area (Å²) in [7, 11) is 1.59. The quantitative estimate of drug-likeness (QED) is 0.335. The lowest BCUT2D eigenvalue weighted by atomic mass is 10.1. The van der Waals surface area contributed by atoms with Gasteiger partial charge in [0.05, 0.1) is 30.1 Å². The van der Waals surface area contributed by atoms with Crippen molar-refractivity contribution in [3.05, 3.63) is 59.2 Å². The summed E-state index contributed by atoms with van der Waals surface area (Å²) in [6.07, 6.45) is -5.08. The molecule has 1 aliphatic rings. The Hall–Kier alpha value is -4.17. The summed E-state index contributed by atoms with van der Waals surface area (Å²) in [6, 6.07) is 12.0. The number of anilines is 2. The zero-order chi connectivity index (χ0) is 29.9. The molecule has 0 aliphatic carbocycles. The van der Waals surface area contributed by atoms with E-state index in [-0.39, 0.29) is 17.4 Å². The Morgan fingerprint density at radius 2 is 1.62 bits per heavy atom. The second-order valence-electron chi connectivity index (χ2n) is 8.71. The largest absolute Gasteiger partial charge is 0.490 e. The van der Waals surface area contributed by atoms with Crippen molar-refractivity contribution in [3.8, 4) is 0 Å². The van der Waals surface area contributed by atoms with Gasteiger partial charge < -0.3 is 30.5 Å². The number of halogens is 3. The number of aliphatic carboxylic acids is 1. The first-order valence-corrected chi connectivity index (χ1v) is 12.1. The Labute approximate surface area is 228 Å². The number of nitrogens with zero attached hydrogens (tertiary/aromatic N) is 2. The van der Waals surface area contributed by atoms with Crippen LogP contribution < -0.4 is 15.5 Å². The number of piperazine rings is 1. The van der Waals surface area contributed by atoms with Crippen molar-refractivity contribution in [2.75, 3.05) is 63.2 Å². The second kappa shape index (κ2) is 14.8. The fourth-order valence-corrected chi connectivity index (χ4v) is 3.76. The van der Waals surface area contributed by atoms with Gasteiger partial charge in [0.2, 0.25) is 5.91 Å². The normalized spacial score (nSPS) is 13.6. The molecule has 0 atom stereocenters. The summed E-state index contributed by atoms with van der Waals surface area (Å²) in [5.74, 6) is -4.15. The van der Waals surface area contributed by atoms with Crippen LogP contribution in [0.5, 0.6) is 0 Å². The SMILES string of the molecule is COCCNC(=O)CN1CCN(c2ccc(C(=O)O)cc2NC(=O)c2ccccc2C)CC1.O=C(O)C(F)(F)F. The molecule has 0 spiro atoms. The predicted molar refractivity (Wildman–Crippen MR) is 140 cm³/mol. The van der Waals surface area contributed by atoms with E-state index in [1.54, 1.807) is 25.3 Å². The molecule has 1 saturated heterocycles. The molecular weight excluding hydrogens is 537 g/mol. The van der Waals surface area contributed by atoms with E-state index in [4.69, 9.17) is 14.6 Å². The van der Waals surface area contributed by atoms with Gasteiger partial charge in [-0.25, -0.2) is 9.59 Å². The maximum Gasteiger partial charge on any atom is 0.490 e. The van der Waals surface area contributed by atoms with E-state index in [2.05, 4.69) is 20.4 Å². The molecule has 0 aromatic heterocycles. The molecule has 1 fully saturated rings. The highest BCUT2D eigenvalue weighted by atomic mass is 19.4. The number of alkyl halides is 3. The van der Waals surface area contributed by atoms with E-state index in [1.165, 1.54) is 12.1 Å². The Morgan fingerprint density at radius 1 is 1.00 bits per heavy atom. The molecule has 0 radical (unpaired) electrons. The maximum atomic E-state index is 12.9. The van der Waals surface area contributed by atoms with Crippen LogP contribution in [0.1, 0.15) is 26.3 Å². The van der Waals surface area contributed by atoms with Crippen molar-refractivity contribution in [1.82, 2.24) is 10.2 Å². The van der Waals surface area contributed by atoms with Crippen molar-refractivity contribution in [3.63, 3.8) is 0 Å². The Kier molecular flexibility index (Phi) is 11.9. The van der Waals surface area contributed by atoms with E-state index in [0.717, 1.165) is 11.3 Å². The van der Waals surface area contributed by atoms with E-state index in [9.17, 15) is 32.7 Å². The van der Waals surface area contributed by atoms with Crippen molar-refractivity contribution >= 4 is 35.1 Å². The van der Waals surface area contributed by atoms with E-state index in [0.29, 0.717) is 57.1 Å². The van der Waals surface area contributed by atoms with Gasteiger partial charge >= 0.3 is 18.1 Å².